The van der Waals surface area contributed by atoms with Gasteiger partial charge in [0.25, 0.3) is 0 Å². The first-order valence-electron chi connectivity index (χ1n) is 10.1. The molecule has 0 bridgehead atoms. The Balaban J connectivity index is 1.48. The maximum absolute atomic E-state index is 14.4. The summed E-state index contributed by atoms with van der Waals surface area (Å²) in [6, 6.07) is 7.59. The van der Waals surface area contributed by atoms with Crippen molar-refractivity contribution in [2.45, 2.75) is 27.2 Å². The van der Waals surface area contributed by atoms with Crippen molar-refractivity contribution < 1.29 is 4.39 Å². The van der Waals surface area contributed by atoms with Crippen molar-refractivity contribution in [1.29, 1.82) is 0 Å². The third-order valence-corrected chi connectivity index (χ3v) is 5.98. The summed E-state index contributed by atoms with van der Waals surface area (Å²) in [6.45, 7) is 8.60. The average Bonchev–Trinajstić information content (AvgIpc) is 3.34. The zero-order valence-electron chi connectivity index (χ0n) is 16.9. The Hall–Kier alpha value is -3.02. The summed E-state index contributed by atoms with van der Waals surface area (Å²) < 4.78 is 16.2. The second-order valence-corrected chi connectivity index (χ2v) is 8.37. The number of anilines is 1. The minimum Gasteiger partial charge on any atom is -0.370 e. The van der Waals surface area contributed by atoms with Crippen LogP contribution in [0, 0.1) is 24.6 Å². The average molecular weight is 389 g/mol. The summed E-state index contributed by atoms with van der Waals surface area (Å²) in [5.74, 6) is 1.09. The Bertz CT molecular complexity index is 1210. The van der Waals surface area contributed by atoms with E-state index in [0.717, 1.165) is 35.8 Å². The Labute approximate surface area is 169 Å². The van der Waals surface area contributed by atoms with Crippen molar-refractivity contribution in [3.05, 3.63) is 54.4 Å². The lowest BCUT2D eigenvalue weighted by Crippen LogP contribution is -2.21. The van der Waals surface area contributed by atoms with Crippen LogP contribution in [0.1, 0.15) is 26.0 Å². The van der Waals surface area contributed by atoms with Crippen molar-refractivity contribution in [3.63, 3.8) is 0 Å². The van der Waals surface area contributed by atoms with Gasteiger partial charge in [-0.2, -0.15) is 0 Å². The van der Waals surface area contributed by atoms with E-state index < -0.39 is 0 Å². The van der Waals surface area contributed by atoms with E-state index in [9.17, 15) is 4.39 Å². The summed E-state index contributed by atoms with van der Waals surface area (Å²) >= 11 is 0. The number of imidazole rings is 1. The smallest absolute Gasteiger partial charge is 0.173 e. The van der Waals surface area contributed by atoms with Crippen molar-refractivity contribution in [3.8, 4) is 11.3 Å². The van der Waals surface area contributed by atoms with Crippen LogP contribution in [-0.2, 0) is 0 Å². The molecular formula is C23H24FN5. The SMILES string of the molecule is Cc1cn2cc(-c3ccc4cc(N5CCC(C(C)C)C5)cnc4n3)cc(F)c2n1. The van der Waals surface area contributed by atoms with Crippen molar-refractivity contribution in [1.82, 2.24) is 19.4 Å². The first-order chi connectivity index (χ1) is 14.0. The largest absolute Gasteiger partial charge is 0.370 e. The fourth-order valence-electron chi connectivity index (χ4n) is 4.22. The highest BCUT2D eigenvalue weighted by Crippen LogP contribution is 2.30. The molecule has 1 aliphatic heterocycles. The van der Waals surface area contributed by atoms with Crippen LogP contribution < -0.4 is 4.90 Å². The fourth-order valence-corrected chi connectivity index (χ4v) is 4.22. The van der Waals surface area contributed by atoms with Crippen LogP contribution in [0.25, 0.3) is 27.9 Å². The van der Waals surface area contributed by atoms with E-state index in [1.165, 1.54) is 12.5 Å². The predicted octanol–water partition coefficient (Wildman–Crippen LogP) is 4.87. The molecule has 0 N–H and O–H groups in total. The summed E-state index contributed by atoms with van der Waals surface area (Å²) in [5, 5.41) is 0.999. The molecule has 29 heavy (non-hydrogen) atoms. The highest BCUT2D eigenvalue weighted by Gasteiger charge is 2.25. The standard InChI is InChI=1S/C23H24FN5/c1-14(2)17-6-7-28(12-17)19-8-16-4-5-21(27-22(16)25-10-19)18-9-20(24)23-26-15(3)11-29(23)13-18/h4-5,8-11,13-14,17H,6-7,12H2,1-3H3. The highest BCUT2D eigenvalue weighted by atomic mass is 19.1. The summed E-state index contributed by atoms with van der Waals surface area (Å²) in [6.07, 6.45) is 6.81. The van der Waals surface area contributed by atoms with Crippen LogP contribution in [-0.4, -0.2) is 32.4 Å². The molecule has 148 valence electrons. The number of aryl methyl sites for hydroxylation is 1. The van der Waals surface area contributed by atoms with E-state index in [1.807, 2.05) is 37.6 Å². The number of hydrogen-bond acceptors (Lipinski definition) is 4. The number of aromatic nitrogens is 4. The van der Waals surface area contributed by atoms with Gasteiger partial charge in [0.2, 0.25) is 0 Å². The van der Waals surface area contributed by atoms with E-state index in [0.29, 0.717) is 28.5 Å². The molecule has 5 rings (SSSR count). The molecule has 1 aliphatic rings. The molecule has 0 aromatic carbocycles. The minimum atomic E-state index is -0.352. The third-order valence-electron chi connectivity index (χ3n) is 5.98. The highest BCUT2D eigenvalue weighted by molar-refractivity contribution is 5.81. The molecule has 5 heterocycles. The molecule has 4 aromatic rings. The van der Waals surface area contributed by atoms with Gasteiger partial charge < -0.3 is 9.30 Å². The Morgan fingerprint density at radius 3 is 2.79 bits per heavy atom. The van der Waals surface area contributed by atoms with Crippen LogP contribution in [0.15, 0.2) is 42.9 Å². The van der Waals surface area contributed by atoms with Gasteiger partial charge in [0, 0.05) is 36.4 Å². The molecule has 1 saturated heterocycles. The molecule has 0 amide bonds. The van der Waals surface area contributed by atoms with Gasteiger partial charge >= 0.3 is 0 Å². The van der Waals surface area contributed by atoms with Gasteiger partial charge in [0.1, 0.15) is 0 Å². The van der Waals surface area contributed by atoms with E-state index >= 15 is 0 Å². The Morgan fingerprint density at radius 1 is 1.14 bits per heavy atom. The van der Waals surface area contributed by atoms with Gasteiger partial charge in [-0.3, -0.25) is 0 Å². The molecule has 6 heteroatoms. The number of hydrogen-bond donors (Lipinski definition) is 0. The van der Waals surface area contributed by atoms with E-state index in [1.54, 1.807) is 4.40 Å². The zero-order chi connectivity index (χ0) is 20.1. The van der Waals surface area contributed by atoms with Crippen molar-refractivity contribution in [2.75, 3.05) is 18.0 Å². The van der Waals surface area contributed by atoms with Gasteiger partial charge in [-0.05, 0) is 49.4 Å². The maximum atomic E-state index is 14.4. The van der Waals surface area contributed by atoms with E-state index in [4.69, 9.17) is 0 Å². The van der Waals surface area contributed by atoms with Crippen LogP contribution in [0.4, 0.5) is 10.1 Å². The van der Waals surface area contributed by atoms with Crippen LogP contribution in [0.3, 0.4) is 0 Å². The molecule has 1 fully saturated rings. The second kappa shape index (κ2) is 6.79. The molecular weight excluding hydrogens is 365 g/mol. The van der Waals surface area contributed by atoms with Gasteiger partial charge in [-0.1, -0.05) is 13.8 Å². The molecule has 0 aliphatic carbocycles. The minimum absolute atomic E-state index is 0.333. The lowest BCUT2D eigenvalue weighted by molar-refractivity contribution is 0.423. The number of pyridine rings is 3. The van der Waals surface area contributed by atoms with Crippen LogP contribution in [0.5, 0.6) is 0 Å². The van der Waals surface area contributed by atoms with Gasteiger partial charge in [0.05, 0.1) is 23.3 Å². The number of halogens is 1. The topological polar surface area (TPSA) is 46.3 Å². The molecule has 0 saturated carbocycles. The van der Waals surface area contributed by atoms with Gasteiger partial charge in [-0.15, -0.1) is 0 Å². The molecule has 4 aromatic heterocycles. The fraction of sp³-hybridized carbons (Fsp3) is 0.348. The van der Waals surface area contributed by atoms with E-state index in [-0.39, 0.29) is 5.82 Å². The normalized spacial score (nSPS) is 17.1. The van der Waals surface area contributed by atoms with Crippen LogP contribution in [0.2, 0.25) is 0 Å². The lowest BCUT2D eigenvalue weighted by Gasteiger charge is -2.20. The van der Waals surface area contributed by atoms with Crippen LogP contribution >= 0.6 is 0 Å². The number of rotatable bonds is 3. The van der Waals surface area contributed by atoms with Gasteiger partial charge in [-0.25, -0.2) is 19.3 Å². The second-order valence-electron chi connectivity index (χ2n) is 8.37. The first-order valence-corrected chi connectivity index (χ1v) is 10.1. The monoisotopic (exact) mass is 389 g/mol. The predicted molar refractivity (Wildman–Crippen MR) is 114 cm³/mol. The maximum Gasteiger partial charge on any atom is 0.173 e. The molecule has 1 atom stereocenters. The molecule has 0 spiro atoms. The number of nitrogens with zero attached hydrogens (tertiary/aromatic N) is 5. The van der Waals surface area contributed by atoms with Gasteiger partial charge in [0.15, 0.2) is 17.1 Å². The van der Waals surface area contributed by atoms with Crippen molar-refractivity contribution in [2.24, 2.45) is 11.8 Å². The molecule has 1 unspecified atom stereocenters. The quantitative estimate of drug-likeness (QED) is 0.501. The zero-order valence-corrected chi connectivity index (χ0v) is 16.9. The van der Waals surface area contributed by atoms with E-state index in [2.05, 4.69) is 39.8 Å². The Morgan fingerprint density at radius 2 is 2.00 bits per heavy atom. The number of fused-ring (bicyclic) bond motifs is 2. The molecule has 0 radical (unpaired) electrons. The van der Waals surface area contributed by atoms with Crippen molar-refractivity contribution >= 4 is 22.4 Å². The lowest BCUT2D eigenvalue weighted by atomic mass is 9.95. The summed E-state index contributed by atoms with van der Waals surface area (Å²) in [5.41, 5.74) is 4.35. The summed E-state index contributed by atoms with van der Waals surface area (Å²) in [7, 11) is 0. The summed E-state index contributed by atoms with van der Waals surface area (Å²) in [4.78, 5) is 15.9. The first kappa shape index (κ1) is 18.0. The third kappa shape index (κ3) is 3.22. The molecule has 5 nitrogen and oxygen atoms in total. The Kier molecular flexibility index (Phi) is 4.23.